The summed E-state index contributed by atoms with van der Waals surface area (Å²) in [7, 11) is 0. The van der Waals surface area contributed by atoms with Crippen molar-refractivity contribution in [3.8, 4) is 0 Å². The fraction of sp³-hybridized carbons (Fsp3) is 0.667. The Labute approximate surface area is 143 Å². The number of hydrogen-bond donors (Lipinski definition) is 0. The van der Waals surface area contributed by atoms with E-state index in [1.807, 2.05) is 0 Å². The maximum Gasteiger partial charge on any atom is 0.00862 e. The van der Waals surface area contributed by atoms with Gasteiger partial charge in [0.15, 0.2) is 0 Å². The molecule has 0 saturated heterocycles. The second-order valence-electron chi connectivity index (χ2n) is 6.50. The van der Waals surface area contributed by atoms with Crippen LogP contribution in [0.1, 0.15) is 95.1 Å². The van der Waals surface area contributed by atoms with Gasteiger partial charge in [0.2, 0.25) is 0 Å². The molecule has 0 aliphatic heterocycles. The maximum absolute atomic E-state index is 4.99. The number of aryl methyl sites for hydroxylation is 1. The van der Waals surface area contributed by atoms with Crippen molar-refractivity contribution in [1.82, 2.24) is 0 Å². The molecule has 0 saturated carbocycles. The van der Waals surface area contributed by atoms with E-state index in [0.29, 0.717) is 0 Å². The molecule has 0 amide bonds. The van der Waals surface area contributed by atoms with Crippen LogP contribution in [0.2, 0.25) is 0 Å². The zero-order chi connectivity index (χ0) is 15.9. The lowest BCUT2D eigenvalue weighted by atomic mass is 10.0. The van der Waals surface area contributed by atoms with E-state index >= 15 is 0 Å². The van der Waals surface area contributed by atoms with Gasteiger partial charge in [-0.25, -0.2) is 0 Å². The SMILES string of the molecule is CCCCCCCCCCCCCCc1cccc(C=S)c1. The molecule has 0 spiro atoms. The summed E-state index contributed by atoms with van der Waals surface area (Å²) in [6.45, 7) is 2.29. The summed E-state index contributed by atoms with van der Waals surface area (Å²) in [5.74, 6) is 0. The molecule has 1 heteroatoms. The van der Waals surface area contributed by atoms with E-state index < -0.39 is 0 Å². The summed E-state index contributed by atoms with van der Waals surface area (Å²) < 4.78 is 0. The Morgan fingerprint density at radius 2 is 1.32 bits per heavy atom. The van der Waals surface area contributed by atoms with Gasteiger partial charge in [-0.1, -0.05) is 114 Å². The molecule has 0 fully saturated rings. The lowest BCUT2D eigenvalue weighted by Gasteiger charge is -2.04. The predicted octanol–water partition coefficient (Wildman–Crippen LogP) is 7.28. The molecule has 22 heavy (non-hydrogen) atoms. The molecule has 0 aromatic heterocycles. The third-order valence-corrected chi connectivity index (χ3v) is 4.68. The molecular weight excluding hydrogens is 284 g/mol. The number of benzene rings is 1. The molecule has 0 bridgehead atoms. The van der Waals surface area contributed by atoms with Gasteiger partial charge in [-0.2, -0.15) is 0 Å². The molecule has 0 aliphatic rings. The van der Waals surface area contributed by atoms with E-state index in [2.05, 4.69) is 31.2 Å². The molecule has 0 nitrogen and oxygen atoms in total. The second-order valence-corrected chi connectivity index (χ2v) is 6.74. The van der Waals surface area contributed by atoms with Crippen LogP contribution in [0, 0.1) is 0 Å². The lowest BCUT2D eigenvalue weighted by Crippen LogP contribution is -1.88. The first kappa shape index (κ1) is 19.4. The lowest BCUT2D eigenvalue weighted by molar-refractivity contribution is 0.544. The number of thiocarbonyl (C=S) groups is 1. The van der Waals surface area contributed by atoms with Gasteiger partial charge in [-0.15, -0.1) is 0 Å². The summed E-state index contributed by atoms with van der Waals surface area (Å²) >= 11 is 4.99. The van der Waals surface area contributed by atoms with Crippen LogP contribution < -0.4 is 0 Å². The van der Waals surface area contributed by atoms with Gasteiger partial charge in [-0.05, 0) is 24.0 Å². The van der Waals surface area contributed by atoms with E-state index in [0.717, 1.165) is 0 Å². The molecule has 0 atom stereocenters. The van der Waals surface area contributed by atoms with Gasteiger partial charge in [0.25, 0.3) is 0 Å². The highest BCUT2D eigenvalue weighted by Crippen LogP contribution is 2.13. The van der Waals surface area contributed by atoms with Gasteiger partial charge >= 0.3 is 0 Å². The summed E-state index contributed by atoms with van der Waals surface area (Å²) in [4.78, 5) is 0. The monoisotopic (exact) mass is 318 g/mol. The molecule has 1 aromatic carbocycles. The molecule has 124 valence electrons. The van der Waals surface area contributed by atoms with Crippen LogP contribution in [0.3, 0.4) is 0 Å². The standard InChI is InChI=1S/C21H34S/c1-2-3-4-5-6-7-8-9-10-11-12-13-15-20-16-14-17-21(18-20)19-22/h14,16-19H,2-13,15H2,1H3. The smallest absolute Gasteiger partial charge is 0.00862 e. The summed E-state index contributed by atoms with van der Waals surface area (Å²) in [5.41, 5.74) is 2.61. The zero-order valence-corrected chi connectivity index (χ0v) is 15.3. The molecule has 0 N–H and O–H groups in total. The minimum atomic E-state index is 1.17. The van der Waals surface area contributed by atoms with Gasteiger partial charge in [0, 0.05) is 5.37 Å². The Morgan fingerprint density at radius 1 is 0.773 bits per heavy atom. The van der Waals surface area contributed by atoms with E-state index in [-0.39, 0.29) is 0 Å². The molecular formula is C21H34S. The van der Waals surface area contributed by atoms with Crippen LogP contribution in [-0.2, 0) is 6.42 Å². The van der Waals surface area contributed by atoms with E-state index in [1.54, 1.807) is 5.37 Å². The third kappa shape index (κ3) is 10.1. The third-order valence-electron chi connectivity index (χ3n) is 4.41. The highest BCUT2D eigenvalue weighted by Gasteiger charge is 1.96. The van der Waals surface area contributed by atoms with E-state index in [4.69, 9.17) is 12.2 Å². The summed E-state index contributed by atoms with van der Waals surface area (Å²) in [6, 6.07) is 8.65. The topological polar surface area (TPSA) is 0 Å². The summed E-state index contributed by atoms with van der Waals surface area (Å²) in [5, 5.41) is 1.77. The molecule has 0 aliphatic carbocycles. The van der Waals surface area contributed by atoms with Crippen molar-refractivity contribution in [2.75, 3.05) is 0 Å². The first-order valence-corrected chi connectivity index (χ1v) is 9.88. The van der Waals surface area contributed by atoms with Gasteiger partial charge in [0.1, 0.15) is 0 Å². The summed E-state index contributed by atoms with van der Waals surface area (Å²) in [6.07, 6.45) is 18.2. The van der Waals surface area contributed by atoms with Crippen LogP contribution in [0.5, 0.6) is 0 Å². The van der Waals surface area contributed by atoms with Gasteiger partial charge < -0.3 is 0 Å². The normalized spacial score (nSPS) is 10.8. The van der Waals surface area contributed by atoms with E-state index in [1.165, 1.54) is 94.6 Å². The Morgan fingerprint density at radius 3 is 1.86 bits per heavy atom. The Balaban J connectivity index is 1.88. The first-order valence-electron chi connectivity index (χ1n) is 9.41. The van der Waals surface area contributed by atoms with Gasteiger partial charge in [0.05, 0.1) is 0 Å². The molecule has 0 heterocycles. The van der Waals surface area contributed by atoms with Crippen LogP contribution >= 0.6 is 12.2 Å². The van der Waals surface area contributed by atoms with Crippen LogP contribution in [-0.4, -0.2) is 5.37 Å². The molecule has 1 aromatic rings. The van der Waals surface area contributed by atoms with Gasteiger partial charge in [-0.3, -0.25) is 0 Å². The Hall–Kier alpha value is -0.690. The highest BCUT2D eigenvalue weighted by molar-refractivity contribution is 7.79. The zero-order valence-electron chi connectivity index (χ0n) is 14.5. The minimum absolute atomic E-state index is 1.17. The fourth-order valence-electron chi connectivity index (χ4n) is 2.99. The van der Waals surface area contributed by atoms with E-state index in [9.17, 15) is 0 Å². The second kappa shape index (κ2) is 13.9. The largest absolute Gasteiger partial charge is 0.0881 e. The van der Waals surface area contributed by atoms with Crippen molar-refractivity contribution in [2.45, 2.75) is 90.4 Å². The Bertz CT molecular complexity index is 383. The quantitative estimate of drug-likeness (QED) is 0.256. The number of unbranched alkanes of at least 4 members (excludes halogenated alkanes) is 11. The van der Waals surface area contributed by atoms with Crippen LogP contribution in [0.15, 0.2) is 24.3 Å². The van der Waals surface area contributed by atoms with Crippen molar-refractivity contribution in [3.05, 3.63) is 35.4 Å². The fourth-order valence-corrected chi connectivity index (χ4v) is 3.14. The first-order chi connectivity index (χ1) is 10.9. The minimum Gasteiger partial charge on any atom is -0.0881 e. The van der Waals surface area contributed by atoms with Crippen molar-refractivity contribution < 1.29 is 0 Å². The highest BCUT2D eigenvalue weighted by atomic mass is 32.1. The van der Waals surface area contributed by atoms with Crippen LogP contribution in [0.4, 0.5) is 0 Å². The molecule has 1 rings (SSSR count). The average Bonchev–Trinajstić information content (AvgIpc) is 2.56. The van der Waals surface area contributed by atoms with Crippen molar-refractivity contribution in [1.29, 1.82) is 0 Å². The molecule has 0 unspecified atom stereocenters. The van der Waals surface area contributed by atoms with Crippen LogP contribution in [0.25, 0.3) is 0 Å². The number of hydrogen-bond acceptors (Lipinski definition) is 1. The van der Waals surface area contributed by atoms with Crippen molar-refractivity contribution in [3.63, 3.8) is 0 Å². The predicted molar refractivity (Wildman–Crippen MR) is 104 cm³/mol. The molecule has 0 radical (unpaired) electrons. The van der Waals surface area contributed by atoms with Crippen molar-refractivity contribution >= 4 is 17.6 Å². The Kier molecular flexibility index (Phi) is 12.3. The number of rotatable bonds is 14. The maximum atomic E-state index is 4.99. The average molecular weight is 319 g/mol. The van der Waals surface area contributed by atoms with Crippen molar-refractivity contribution in [2.24, 2.45) is 0 Å².